The highest BCUT2D eigenvalue weighted by Crippen LogP contribution is 2.17. The van der Waals surface area contributed by atoms with Gasteiger partial charge in [0, 0.05) is 5.56 Å². The Kier molecular flexibility index (Phi) is 2.63. The van der Waals surface area contributed by atoms with E-state index >= 15 is 0 Å². The molecule has 2 rings (SSSR count). The molecule has 0 aliphatic heterocycles. The highest BCUT2D eigenvalue weighted by Gasteiger charge is 2.16. The first-order chi connectivity index (χ1) is 7.68. The third kappa shape index (κ3) is 1.90. The third-order valence-corrected chi connectivity index (χ3v) is 2.01. The predicted molar refractivity (Wildman–Crippen MR) is 52.7 cm³/mol. The lowest BCUT2D eigenvalue weighted by atomic mass is 10.2. The van der Waals surface area contributed by atoms with Crippen LogP contribution in [0.1, 0.15) is 22.5 Å². The Bertz CT molecular complexity index is 498. The lowest BCUT2D eigenvalue weighted by molar-refractivity contribution is 0.0682. The molecule has 1 N–H and O–H groups in total. The van der Waals surface area contributed by atoms with Crippen LogP contribution in [0, 0.1) is 0 Å². The van der Waals surface area contributed by atoms with Crippen LogP contribution in [0.25, 0.3) is 0 Å². The monoisotopic (exact) mass is 221 g/mol. The molecule has 6 heteroatoms. The second-order valence-corrected chi connectivity index (χ2v) is 3.10. The number of carbonyl (C=O) groups is 1. The second kappa shape index (κ2) is 4.09. The summed E-state index contributed by atoms with van der Waals surface area (Å²) < 4.78 is 14.7. The van der Waals surface area contributed by atoms with Crippen LogP contribution in [0.4, 0.5) is 4.39 Å². The van der Waals surface area contributed by atoms with Gasteiger partial charge in [0.15, 0.2) is 0 Å². The minimum absolute atomic E-state index is 0.393. The Labute approximate surface area is 90.2 Å². The van der Waals surface area contributed by atoms with Crippen molar-refractivity contribution in [2.24, 2.45) is 0 Å². The summed E-state index contributed by atoms with van der Waals surface area (Å²) in [5.41, 5.74) is 0.393. The largest absolute Gasteiger partial charge is 0.475 e. The molecular formula is C10H8FN3O2. The number of aromatic carboxylic acids is 1. The van der Waals surface area contributed by atoms with Crippen molar-refractivity contribution in [2.75, 3.05) is 0 Å². The summed E-state index contributed by atoms with van der Waals surface area (Å²) in [4.78, 5) is 14.0. The fourth-order valence-electron chi connectivity index (χ4n) is 1.25. The van der Waals surface area contributed by atoms with Crippen molar-refractivity contribution in [1.29, 1.82) is 0 Å². The molecule has 1 atom stereocenters. The average molecular weight is 221 g/mol. The first kappa shape index (κ1) is 10.3. The van der Waals surface area contributed by atoms with Crippen LogP contribution in [0.2, 0.25) is 0 Å². The molecule has 0 aliphatic carbocycles. The van der Waals surface area contributed by atoms with Crippen LogP contribution < -0.4 is 0 Å². The lowest BCUT2D eigenvalue weighted by Gasteiger charge is -2.07. The van der Waals surface area contributed by atoms with E-state index in [4.69, 9.17) is 5.11 Å². The number of aromatic nitrogens is 3. The Morgan fingerprint density at radius 2 is 2.06 bits per heavy atom. The van der Waals surface area contributed by atoms with Crippen molar-refractivity contribution in [1.82, 2.24) is 14.8 Å². The summed E-state index contributed by atoms with van der Waals surface area (Å²) in [6.45, 7) is 0. The molecule has 0 spiro atoms. The fraction of sp³-hybridized carbons (Fsp3) is 0.100. The standard InChI is InChI=1S/C10H8FN3O2/c11-8(7-4-2-1-3-5-7)14-6-12-9(13-14)10(15)16/h1-6,8H,(H,15,16). The Morgan fingerprint density at radius 1 is 1.38 bits per heavy atom. The average Bonchev–Trinajstić information content (AvgIpc) is 2.78. The van der Waals surface area contributed by atoms with Crippen LogP contribution in [-0.2, 0) is 0 Å². The van der Waals surface area contributed by atoms with Gasteiger partial charge in [-0.2, -0.15) is 0 Å². The second-order valence-electron chi connectivity index (χ2n) is 3.10. The van der Waals surface area contributed by atoms with Gasteiger partial charge in [0.2, 0.25) is 6.30 Å². The van der Waals surface area contributed by atoms with Gasteiger partial charge < -0.3 is 5.11 Å². The number of rotatable bonds is 3. The van der Waals surface area contributed by atoms with E-state index in [0.29, 0.717) is 5.56 Å². The number of hydrogen-bond acceptors (Lipinski definition) is 3. The first-order valence-electron chi connectivity index (χ1n) is 4.52. The molecule has 1 aromatic heterocycles. The van der Waals surface area contributed by atoms with E-state index in [0.717, 1.165) is 11.0 Å². The molecule has 0 saturated carbocycles. The van der Waals surface area contributed by atoms with Gasteiger partial charge in [0.05, 0.1) is 0 Å². The highest BCUT2D eigenvalue weighted by molar-refractivity contribution is 5.82. The maximum Gasteiger partial charge on any atom is 0.375 e. The van der Waals surface area contributed by atoms with E-state index in [9.17, 15) is 9.18 Å². The summed E-state index contributed by atoms with van der Waals surface area (Å²) in [5, 5.41) is 12.1. The molecule has 2 aromatic rings. The highest BCUT2D eigenvalue weighted by atomic mass is 19.1. The van der Waals surface area contributed by atoms with Gasteiger partial charge in [-0.05, 0) is 0 Å². The summed E-state index contributed by atoms with van der Waals surface area (Å²) in [6, 6.07) is 8.33. The quantitative estimate of drug-likeness (QED) is 0.852. The number of alkyl halides is 1. The van der Waals surface area contributed by atoms with Crippen molar-refractivity contribution in [3.63, 3.8) is 0 Å². The minimum atomic E-state index is -1.53. The van der Waals surface area contributed by atoms with E-state index in [-0.39, 0.29) is 0 Å². The maximum atomic E-state index is 13.8. The van der Waals surface area contributed by atoms with Gasteiger partial charge in [-0.15, -0.1) is 5.10 Å². The van der Waals surface area contributed by atoms with Crippen molar-refractivity contribution in [3.05, 3.63) is 48.0 Å². The first-order valence-corrected chi connectivity index (χ1v) is 4.52. The van der Waals surface area contributed by atoms with Crippen molar-refractivity contribution < 1.29 is 14.3 Å². The van der Waals surface area contributed by atoms with E-state index in [2.05, 4.69) is 10.1 Å². The fourth-order valence-corrected chi connectivity index (χ4v) is 1.25. The van der Waals surface area contributed by atoms with E-state index < -0.39 is 18.1 Å². The van der Waals surface area contributed by atoms with Crippen molar-refractivity contribution in [2.45, 2.75) is 6.30 Å². The SMILES string of the molecule is O=C(O)c1ncn(C(F)c2ccccc2)n1. The van der Waals surface area contributed by atoms with Crippen LogP contribution in [0.5, 0.6) is 0 Å². The van der Waals surface area contributed by atoms with E-state index in [1.165, 1.54) is 0 Å². The molecule has 16 heavy (non-hydrogen) atoms. The van der Waals surface area contributed by atoms with Crippen LogP contribution in [-0.4, -0.2) is 25.8 Å². The minimum Gasteiger partial charge on any atom is -0.475 e. The van der Waals surface area contributed by atoms with Gasteiger partial charge in [-0.1, -0.05) is 30.3 Å². The van der Waals surface area contributed by atoms with Gasteiger partial charge in [0.1, 0.15) is 6.33 Å². The number of carboxylic acid groups (broad SMARTS) is 1. The van der Waals surface area contributed by atoms with Crippen LogP contribution in [0.3, 0.4) is 0 Å². The van der Waals surface area contributed by atoms with Crippen LogP contribution in [0.15, 0.2) is 36.7 Å². The van der Waals surface area contributed by atoms with Gasteiger partial charge in [-0.25, -0.2) is 18.9 Å². The van der Waals surface area contributed by atoms with Gasteiger partial charge in [0.25, 0.3) is 5.82 Å². The smallest absolute Gasteiger partial charge is 0.375 e. The number of halogens is 1. The molecule has 5 nitrogen and oxygen atoms in total. The zero-order valence-electron chi connectivity index (χ0n) is 8.12. The zero-order valence-corrected chi connectivity index (χ0v) is 8.12. The van der Waals surface area contributed by atoms with Gasteiger partial charge in [-0.3, -0.25) is 0 Å². The number of carboxylic acids is 1. The van der Waals surface area contributed by atoms with Crippen LogP contribution >= 0.6 is 0 Å². The number of benzene rings is 1. The summed E-state index contributed by atoms with van der Waals surface area (Å²) in [6.07, 6.45) is -0.469. The lowest BCUT2D eigenvalue weighted by Crippen LogP contribution is -2.07. The molecule has 0 aliphatic rings. The maximum absolute atomic E-state index is 13.8. The number of hydrogen-bond donors (Lipinski definition) is 1. The summed E-state index contributed by atoms with van der Waals surface area (Å²) in [7, 11) is 0. The topological polar surface area (TPSA) is 68.0 Å². The summed E-state index contributed by atoms with van der Waals surface area (Å²) >= 11 is 0. The normalized spacial score (nSPS) is 12.3. The molecule has 82 valence electrons. The molecule has 0 radical (unpaired) electrons. The van der Waals surface area contributed by atoms with Gasteiger partial charge >= 0.3 is 5.97 Å². The molecule has 0 bridgehead atoms. The van der Waals surface area contributed by atoms with Crippen molar-refractivity contribution >= 4 is 5.97 Å². The number of nitrogens with zero attached hydrogens (tertiary/aromatic N) is 3. The Hall–Kier alpha value is -2.24. The summed E-state index contributed by atoms with van der Waals surface area (Å²) in [5.74, 6) is -1.70. The van der Waals surface area contributed by atoms with Crippen molar-refractivity contribution in [3.8, 4) is 0 Å². The Balaban J connectivity index is 2.27. The zero-order chi connectivity index (χ0) is 11.5. The van der Waals surface area contributed by atoms with E-state index in [1.54, 1.807) is 30.3 Å². The molecular weight excluding hydrogens is 213 g/mol. The van der Waals surface area contributed by atoms with E-state index in [1.807, 2.05) is 0 Å². The molecule has 1 aromatic carbocycles. The Morgan fingerprint density at radius 3 is 2.62 bits per heavy atom. The molecule has 0 fully saturated rings. The third-order valence-electron chi connectivity index (χ3n) is 2.01. The molecule has 0 saturated heterocycles. The molecule has 1 unspecified atom stereocenters. The molecule has 0 amide bonds. The predicted octanol–water partition coefficient (Wildman–Crippen LogP) is 1.49. The molecule has 1 heterocycles.